The molecule has 3 nitrogen and oxygen atoms in total. The lowest BCUT2D eigenvalue weighted by Gasteiger charge is -1.86. The summed E-state index contributed by atoms with van der Waals surface area (Å²) in [7, 11) is 0. The van der Waals surface area contributed by atoms with Crippen LogP contribution in [0.5, 0.6) is 0 Å². The number of hydrogen-bond acceptors (Lipinski definition) is 3. The molecule has 0 aromatic carbocycles. The van der Waals surface area contributed by atoms with E-state index in [0.717, 1.165) is 16.9 Å². The number of aromatic nitrogens is 3. The number of aryl methyl sites for hydroxylation is 1. The number of nitrogens with zero attached hydrogens (tertiary/aromatic N) is 2. The van der Waals surface area contributed by atoms with Crippen molar-refractivity contribution < 1.29 is 0 Å². The van der Waals surface area contributed by atoms with Crippen LogP contribution in [0.15, 0.2) is 29.9 Å². The lowest BCUT2D eigenvalue weighted by atomic mass is 10.3. The summed E-state index contributed by atoms with van der Waals surface area (Å²) in [5, 5.41) is 2.13. The van der Waals surface area contributed by atoms with E-state index in [-0.39, 0.29) is 0 Å². The van der Waals surface area contributed by atoms with E-state index in [1.54, 1.807) is 23.7 Å². The standard InChI is InChI=1S/C11H9N3S/c1-7-4-10(15-6-7)11-13-8-2-3-12-5-9(8)14-11/h2-6H,1H3,(H,13,14). The molecular weight excluding hydrogens is 206 g/mol. The van der Waals surface area contributed by atoms with Crippen molar-refractivity contribution in [3.63, 3.8) is 0 Å². The Bertz CT molecular complexity index is 576. The number of hydrogen-bond donors (Lipinski definition) is 1. The smallest absolute Gasteiger partial charge is 0.148 e. The maximum atomic E-state index is 4.51. The Hall–Kier alpha value is -1.68. The van der Waals surface area contributed by atoms with Crippen LogP contribution in [-0.2, 0) is 0 Å². The average molecular weight is 215 g/mol. The van der Waals surface area contributed by atoms with Gasteiger partial charge in [-0.1, -0.05) is 0 Å². The molecule has 4 heteroatoms. The van der Waals surface area contributed by atoms with E-state index in [4.69, 9.17) is 0 Å². The topological polar surface area (TPSA) is 41.6 Å². The highest BCUT2D eigenvalue weighted by atomic mass is 32.1. The van der Waals surface area contributed by atoms with Gasteiger partial charge in [0.1, 0.15) is 5.82 Å². The summed E-state index contributed by atoms with van der Waals surface area (Å²) in [6.07, 6.45) is 3.55. The molecule has 3 rings (SSSR count). The predicted molar refractivity (Wildman–Crippen MR) is 61.9 cm³/mol. The van der Waals surface area contributed by atoms with Crippen molar-refractivity contribution in [3.8, 4) is 10.7 Å². The molecule has 0 atom stereocenters. The van der Waals surface area contributed by atoms with Crippen molar-refractivity contribution in [3.05, 3.63) is 35.5 Å². The predicted octanol–water partition coefficient (Wildman–Crippen LogP) is 2.99. The zero-order valence-corrected chi connectivity index (χ0v) is 9.01. The first-order chi connectivity index (χ1) is 7.33. The molecule has 0 saturated heterocycles. The fourth-order valence-electron chi connectivity index (χ4n) is 1.53. The van der Waals surface area contributed by atoms with Gasteiger partial charge in [-0.05, 0) is 30.0 Å². The Morgan fingerprint density at radius 3 is 3.07 bits per heavy atom. The first-order valence-electron chi connectivity index (χ1n) is 4.68. The second-order valence-corrected chi connectivity index (χ2v) is 4.38. The highest BCUT2D eigenvalue weighted by Gasteiger charge is 2.06. The van der Waals surface area contributed by atoms with Gasteiger partial charge in [-0.15, -0.1) is 11.3 Å². The van der Waals surface area contributed by atoms with Crippen molar-refractivity contribution in [2.75, 3.05) is 0 Å². The van der Waals surface area contributed by atoms with Crippen LogP contribution in [0, 0.1) is 6.92 Å². The molecule has 0 aliphatic carbocycles. The fraction of sp³-hybridized carbons (Fsp3) is 0.0909. The van der Waals surface area contributed by atoms with E-state index in [1.165, 1.54) is 10.4 Å². The van der Waals surface area contributed by atoms with Gasteiger partial charge < -0.3 is 4.98 Å². The molecule has 0 fully saturated rings. The van der Waals surface area contributed by atoms with Gasteiger partial charge in [0.15, 0.2) is 0 Å². The summed E-state index contributed by atoms with van der Waals surface area (Å²) in [6, 6.07) is 4.05. The molecule has 0 amide bonds. The Balaban J connectivity index is 2.19. The van der Waals surface area contributed by atoms with Crippen LogP contribution in [-0.4, -0.2) is 15.0 Å². The molecule has 15 heavy (non-hydrogen) atoms. The van der Waals surface area contributed by atoms with E-state index in [2.05, 4.69) is 33.3 Å². The molecule has 3 aromatic heterocycles. The van der Waals surface area contributed by atoms with Gasteiger partial charge >= 0.3 is 0 Å². The molecule has 74 valence electrons. The molecule has 0 spiro atoms. The van der Waals surface area contributed by atoms with E-state index in [0.29, 0.717) is 0 Å². The summed E-state index contributed by atoms with van der Waals surface area (Å²) in [6.45, 7) is 2.09. The van der Waals surface area contributed by atoms with Gasteiger partial charge in [-0.25, -0.2) is 4.98 Å². The average Bonchev–Trinajstić information content (AvgIpc) is 2.82. The van der Waals surface area contributed by atoms with Gasteiger partial charge in [0.2, 0.25) is 0 Å². The first-order valence-corrected chi connectivity index (χ1v) is 5.56. The van der Waals surface area contributed by atoms with Gasteiger partial charge in [-0.3, -0.25) is 4.98 Å². The molecule has 3 aromatic rings. The molecular formula is C11H9N3S. The highest BCUT2D eigenvalue weighted by Crippen LogP contribution is 2.25. The molecule has 0 bridgehead atoms. The number of nitrogens with one attached hydrogen (secondary N) is 1. The third-order valence-corrected chi connectivity index (χ3v) is 3.30. The Morgan fingerprint density at radius 1 is 1.40 bits per heavy atom. The van der Waals surface area contributed by atoms with Crippen molar-refractivity contribution in [1.82, 2.24) is 15.0 Å². The second-order valence-electron chi connectivity index (χ2n) is 3.47. The van der Waals surface area contributed by atoms with E-state index >= 15 is 0 Å². The van der Waals surface area contributed by atoms with Gasteiger partial charge in [0.05, 0.1) is 22.1 Å². The minimum absolute atomic E-state index is 0.927. The number of H-pyrrole nitrogens is 1. The Kier molecular flexibility index (Phi) is 1.82. The number of aromatic amines is 1. The van der Waals surface area contributed by atoms with Crippen LogP contribution in [0.4, 0.5) is 0 Å². The zero-order chi connectivity index (χ0) is 10.3. The third-order valence-electron chi connectivity index (χ3n) is 2.25. The Labute approximate surface area is 90.8 Å². The summed E-state index contributed by atoms with van der Waals surface area (Å²) < 4.78 is 0. The maximum absolute atomic E-state index is 4.51. The van der Waals surface area contributed by atoms with Crippen molar-refractivity contribution in [2.24, 2.45) is 0 Å². The molecule has 0 aliphatic heterocycles. The summed E-state index contributed by atoms with van der Waals surface area (Å²) >= 11 is 1.70. The molecule has 0 radical (unpaired) electrons. The van der Waals surface area contributed by atoms with Crippen LogP contribution in [0.1, 0.15) is 5.56 Å². The monoisotopic (exact) mass is 215 g/mol. The number of rotatable bonds is 1. The molecule has 1 N–H and O–H groups in total. The third kappa shape index (κ3) is 1.43. The van der Waals surface area contributed by atoms with E-state index in [1.807, 2.05) is 6.07 Å². The SMILES string of the molecule is Cc1csc(-c2nc3ccncc3[nH]2)c1. The van der Waals surface area contributed by atoms with Crippen LogP contribution in [0.3, 0.4) is 0 Å². The summed E-state index contributed by atoms with van der Waals surface area (Å²) in [5.41, 5.74) is 3.22. The summed E-state index contributed by atoms with van der Waals surface area (Å²) in [5.74, 6) is 0.927. The molecule has 3 heterocycles. The number of fused-ring (bicyclic) bond motifs is 1. The molecule has 0 aliphatic rings. The Morgan fingerprint density at radius 2 is 2.33 bits per heavy atom. The van der Waals surface area contributed by atoms with Crippen molar-refractivity contribution in [1.29, 1.82) is 0 Å². The number of pyridine rings is 1. The largest absolute Gasteiger partial charge is 0.336 e. The van der Waals surface area contributed by atoms with Crippen LogP contribution >= 0.6 is 11.3 Å². The lowest BCUT2D eigenvalue weighted by Crippen LogP contribution is -1.73. The second kappa shape index (κ2) is 3.17. The quantitative estimate of drug-likeness (QED) is 0.678. The van der Waals surface area contributed by atoms with Crippen molar-refractivity contribution in [2.45, 2.75) is 6.92 Å². The van der Waals surface area contributed by atoms with E-state index < -0.39 is 0 Å². The lowest BCUT2D eigenvalue weighted by molar-refractivity contribution is 1.34. The molecule has 0 unspecified atom stereocenters. The number of thiophene rings is 1. The highest BCUT2D eigenvalue weighted by molar-refractivity contribution is 7.13. The fourth-order valence-corrected chi connectivity index (χ4v) is 2.37. The van der Waals surface area contributed by atoms with E-state index in [9.17, 15) is 0 Å². The zero-order valence-electron chi connectivity index (χ0n) is 8.19. The summed E-state index contributed by atoms with van der Waals surface area (Å²) in [4.78, 5) is 13.0. The maximum Gasteiger partial charge on any atom is 0.148 e. The minimum atomic E-state index is 0.927. The van der Waals surface area contributed by atoms with Gasteiger partial charge in [0, 0.05) is 6.20 Å². The molecule has 0 saturated carbocycles. The van der Waals surface area contributed by atoms with Crippen molar-refractivity contribution >= 4 is 22.4 Å². The minimum Gasteiger partial charge on any atom is -0.336 e. The van der Waals surface area contributed by atoms with Crippen LogP contribution in [0.25, 0.3) is 21.7 Å². The number of imidazole rings is 1. The van der Waals surface area contributed by atoms with Crippen LogP contribution < -0.4 is 0 Å². The van der Waals surface area contributed by atoms with Gasteiger partial charge in [0.25, 0.3) is 0 Å². The van der Waals surface area contributed by atoms with Gasteiger partial charge in [-0.2, -0.15) is 0 Å². The normalized spacial score (nSPS) is 11.0. The van der Waals surface area contributed by atoms with Crippen LogP contribution in [0.2, 0.25) is 0 Å². The first kappa shape index (κ1) is 8.61.